The van der Waals surface area contributed by atoms with Crippen LogP contribution in [0.15, 0.2) is 24.8 Å². The van der Waals surface area contributed by atoms with Gasteiger partial charge in [-0.25, -0.2) is 0 Å². The van der Waals surface area contributed by atoms with Crippen LogP contribution in [0.1, 0.15) is 13.8 Å². The van der Waals surface area contributed by atoms with Crippen LogP contribution in [-0.2, 0) is 0 Å². The van der Waals surface area contributed by atoms with Crippen LogP contribution in [0.4, 0.5) is 0 Å². The first-order chi connectivity index (χ1) is 4.56. The highest BCUT2D eigenvalue weighted by Gasteiger charge is 2.04. The van der Waals surface area contributed by atoms with Crippen molar-refractivity contribution >= 4 is 0 Å². The maximum atomic E-state index is 9.08. The molecule has 54 valence electrons. The van der Waals surface area contributed by atoms with Gasteiger partial charge in [0.05, 0.1) is 0 Å². The average Bonchev–Trinajstić information content (AvgIpc) is 1.78. The summed E-state index contributed by atoms with van der Waals surface area (Å²) in [5, 5.41) is 9.08. The Morgan fingerprint density at radius 1 is 1.50 bits per heavy atom. The van der Waals surface area contributed by atoms with Crippen molar-refractivity contribution in [3.63, 3.8) is 0 Å². The fraction of sp³-hybridized carbons (Fsp3) is 0.333. The molecule has 0 heterocycles. The topological polar surface area (TPSA) is 20.2 Å². The zero-order valence-corrected chi connectivity index (χ0v) is 6.39. The van der Waals surface area contributed by atoms with E-state index in [1.807, 2.05) is 0 Å². The van der Waals surface area contributed by atoms with Crippen LogP contribution in [-0.4, -0.2) is 10.7 Å². The molecule has 0 atom stereocenters. The van der Waals surface area contributed by atoms with E-state index in [0.717, 1.165) is 0 Å². The van der Waals surface area contributed by atoms with Gasteiger partial charge >= 0.3 is 0 Å². The van der Waals surface area contributed by atoms with Gasteiger partial charge in [-0.2, -0.15) is 0 Å². The first-order valence-corrected chi connectivity index (χ1v) is 3.09. The lowest BCUT2D eigenvalue weighted by molar-refractivity contribution is 0.143. The second-order valence-electron chi connectivity index (χ2n) is 2.42. The molecule has 0 bridgehead atoms. The van der Waals surface area contributed by atoms with Crippen LogP contribution in [0, 0.1) is 11.8 Å². The third kappa shape index (κ3) is 7.00. The second kappa shape index (κ2) is 3.92. The molecule has 10 heavy (non-hydrogen) atoms. The molecule has 0 aliphatic carbocycles. The number of aliphatic hydroxyl groups is 1. The van der Waals surface area contributed by atoms with Crippen LogP contribution in [0.25, 0.3) is 0 Å². The van der Waals surface area contributed by atoms with E-state index < -0.39 is 5.60 Å². The molecule has 1 N–H and O–H groups in total. The molecule has 0 aliphatic rings. The normalized spacial score (nSPS) is 10.7. The maximum absolute atomic E-state index is 9.08. The number of rotatable bonds is 1. The van der Waals surface area contributed by atoms with E-state index in [-0.39, 0.29) is 0 Å². The lowest BCUT2D eigenvalue weighted by atomic mass is 10.1. The molecule has 0 aliphatic heterocycles. The van der Waals surface area contributed by atoms with Crippen molar-refractivity contribution in [3.05, 3.63) is 24.8 Å². The Hall–Kier alpha value is -1.00. The van der Waals surface area contributed by atoms with Gasteiger partial charge in [0.1, 0.15) is 5.60 Å². The third-order valence-electron chi connectivity index (χ3n) is 0.694. The Morgan fingerprint density at radius 2 is 2.10 bits per heavy atom. The van der Waals surface area contributed by atoms with E-state index in [2.05, 4.69) is 18.4 Å². The molecule has 0 amide bonds. The van der Waals surface area contributed by atoms with E-state index in [1.54, 1.807) is 32.1 Å². The molecule has 0 saturated heterocycles. The Bertz CT molecular complexity index is 183. The molecule has 0 aromatic heterocycles. The van der Waals surface area contributed by atoms with E-state index in [4.69, 9.17) is 5.11 Å². The first-order valence-electron chi connectivity index (χ1n) is 3.09. The van der Waals surface area contributed by atoms with Crippen molar-refractivity contribution in [3.8, 4) is 11.8 Å². The summed E-state index contributed by atoms with van der Waals surface area (Å²) in [6, 6.07) is 0. The molecular weight excluding hydrogens is 124 g/mol. The van der Waals surface area contributed by atoms with Gasteiger partial charge in [-0.15, -0.1) is 0 Å². The smallest absolute Gasteiger partial charge is 0.120 e. The number of allylic oxidation sites excluding steroid dienone is 3. The van der Waals surface area contributed by atoms with Gasteiger partial charge in [-0.3, -0.25) is 0 Å². The van der Waals surface area contributed by atoms with Crippen LogP contribution in [0.5, 0.6) is 0 Å². The van der Waals surface area contributed by atoms with Crippen molar-refractivity contribution in [1.82, 2.24) is 0 Å². The van der Waals surface area contributed by atoms with E-state index in [9.17, 15) is 0 Å². The molecular formula is C9H12O. The summed E-state index contributed by atoms with van der Waals surface area (Å²) >= 11 is 0. The van der Waals surface area contributed by atoms with Gasteiger partial charge in [0.2, 0.25) is 0 Å². The fourth-order valence-corrected chi connectivity index (χ4v) is 0.334. The van der Waals surface area contributed by atoms with Crippen molar-refractivity contribution < 1.29 is 5.11 Å². The summed E-state index contributed by atoms with van der Waals surface area (Å²) in [6.07, 6.45) is 5.00. The molecule has 0 unspecified atom stereocenters. The first kappa shape index (κ1) is 9.00. The van der Waals surface area contributed by atoms with Crippen molar-refractivity contribution in [2.45, 2.75) is 19.4 Å². The molecule has 0 spiro atoms. The predicted molar refractivity (Wildman–Crippen MR) is 43.4 cm³/mol. The average molecular weight is 136 g/mol. The zero-order valence-electron chi connectivity index (χ0n) is 6.39. The molecule has 0 aromatic carbocycles. The van der Waals surface area contributed by atoms with Crippen molar-refractivity contribution in [2.24, 2.45) is 0 Å². The molecule has 0 rings (SSSR count). The Balaban J connectivity index is 3.93. The lowest BCUT2D eigenvalue weighted by Crippen LogP contribution is -2.14. The van der Waals surface area contributed by atoms with Crippen molar-refractivity contribution in [2.75, 3.05) is 0 Å². The molecule has 1 nitrogen and oxygen atoms in total. The molecule has 0 aromatic rings. The minimum Gasteiger partial charge on any atom is -0.378 e. The zero-order chi connectivity index (χ0) is 8.04. The second-order valence-corrected chi connectivity index (χ2v) is 2.42. The highest BCUT2D eigenvalue weighted by molar-refractivity contribution is 5.22. The quantitative estimate of drug-likeness (QED) is 0.428. The van der Waals surface area contributed by atoms with Crippen LogP contribution < -0.4 is 0 Å². The third-order valence-corrected chi connectivity index (χ3v) is 0.694. The minimum absolute atomic E-state index is 0.897. The summed E-state index contributed by atoms with van der Waals surface area (Å²) < 4.78 is 0. The van der Waals surface area contributed by atoms with Crippen LogP contribution in [0.2, 0.25) is 0 Å². The Labute approximate surface area is 62.1 Å². The number of hydrogen-bond donors (Lipinski definition) is 1. The van der Waals surface area contributed by atoms with Gasteiger partial charge in [-0.1, -0.05) is 30.6 Å². The van der Waals surface area contributed by atoms with Gasteiger partial charge in [-0.05, 0) is 19.9 Å². The van der Waals surface area contributed by atoms with Gasteiger partial charge in [0, 0.05) is 0 Å². The Morgan fingerprint density at radius 3 is 2.50 bits per heavy atom. The van der Waals surface area contributed by atoms with E-state index >= 15 is 0 Å². The summed E-state index contributed by atoms with van der Waals surface area (Å²) in [6.45, 7) is 6.76. The molecule has 0 fully saturated rings. The Kier molecular flexibility index (Phi) is 3.53. The number of hydrogen-bond acceptors (Lipinski definition) is 1. The lowest BCUT2D eigenvalue weighted by Gasteiger charge is -2.04. The summed E-state index contributed by atoms with van der Waals surface area (Å²) in [4.78, 5) is 0. The van der Waals surface area contributed by atoms with Gasteiger partial charge in [0.25, 0.3) is 0 Å². The maximum Gasteiger partial charge on any atom is 0.120 e. The highest BCUT2D eigenvalue weighted by Crippen LogP contribution is 1.95. The largest absolute Gasteiger partial charge is 0.378 e. The summed E-state index contributed by atoms with van der Waals surface area (Å²) in [7, 11) is 0. The molecule has 0 saturated carbocycles. The minimum atomic E-state index is -0.897. The molecule has 0 radical (unpaired) electrons. The van der Waals surface area contributed by atoms with Crippen molar-refractivity contribution in [1.29, 1.82) is 0 Å². The highest BCUT2D eigenvalue weighted by atomic mass is 16.3. The fourth-order valence-electron chi connectivity index (χ4n) is 0.334. The standard InChI is InChI=1S/C9H12O/c1-4-5-6-7-8-9(2,3)10/h4-6,10H,1H2,2-3H3. The predicted octanol–water partition coefficient (Wildman–Crippen LogP) is 1.50. The molecule has 1 heteroatoms. The monoisotopic (exact) mass is 136 g/mol. The summed E-state index contributed by atoms with van der Waals surface area (Å²) in [5.74, 6) is 5.30. The van der Waals surface area contributed by atoms with Gasteiger partial charge in [0.15, 0.2) is 0 Å². The van der Waals surface area contributed by atoms with Crippen LogP contribution in [0.3, 0.4) is 0 Å². The van der Waals surface area contributed by atoms with Crippen LogP contribution >= 0.6 is 0 Å². The summed E-state index contributed by atoms with van der Waals surface area (Å²) in [5.41, 5.74) is -0.897. The van der Waals surface area contributed by atoms with E-state index in [0.29, 0.717) is 0 Å². The SMILES string of the molecule is C=CC=CC#CC(C)(C)O. The van der Waals surface area contributed by atoms with Gasteiger partial charge < -0.3 is 5.11 Å². The van der Waals surface area contributed by atoms with E-state index in [1.165, 1.54) is 0 Å².